The maximum Gasteiger partial charge on any atom is 0.319 e. The molecule has 132 valence electrons. The van der Waals surface area contributed by atoms with E-state index >= 15 is 0 Å². The van der Waals surface area contributed by atoms with E-state index in [4.69, 9.17) is 0 Å². The highest BCUT2D eigenvalue weighted by Crippen LogP contribution is 2.26. The van der Waals surface area contributed by atoms with Gasteiger partial charge < -0.3 is 20.6 Å². The normalized spacial score (nSPS) is 24.0. The Labute approximate surface area is 142 Å². The average Bonchev–Trinajstić information content (AvgIpc) is 3.07. The number of amides is 2. The van der Waals surface area contributed by atoms with Crippen LogP contribution in [-0.4, -0.2) is 36.9 Å². The molecular formula is C18H26FN3O2. The Morgan fingerprint density at radius 3 is 2.75 bits per heavy atom. The van der Waals surface area contributed by atoms with E-state index in [-0.39, 0.29) is 18.0 Å². The van der Waals surface area contributed by atoms with Crippen LogP contribution >= 0.6 is 0 Å². The van der Waals surface area contributed by atoms with Crippen LogP contribution in [0.5, 0.6) is 0 Å². The van der Waals surface area contributed by atoms with E-state index in [1.54, 1.807) is 12.1 Å². The van der Waals surface area contributed by atoms with Crippen LogP contribution in [0, 0.1) is 11.7 Å². The van der Waals surface area contributed by atoms with Gasteiger partial charge in [-0.05, 0) is 56.2 Å². The monoisotopic (exact) mass is 335 g/mol. The first-order chi connectivity index (χ1) is 11.6. The highest BCUT2D eigenvalue weighted by Gasteiger charge is 2.21. The minimum atomic E-state index is -0.330. The van der Waals surface area contributed by atoms with Gasteiger partial charge >= 0.3 is 6.03 Å². The fraction of sp³-hybridized carbons (Fsp3) is 0.611. The third kappa shape index (κ3) is 4.38. The number of carbonyl (C=O) groups excluding carboxylic acids is 1. The van der Waals surface area contributed by atoms with Crippen molar-refractivity contribution in [2.75, 3.05) is 29.9 Å². The molecule has 6 heteroatoms. The summed E-state index contributed by atoms with van der Waals surface area (Å²) in [7, 11) is 0. The molecule has 1 saturated heterocycles. The third-order valence-corrected chi connectivity index (χ3v) is 4.96. The molecule has 0 radical (unpaired) electrons. The standard InChI is InChI=1S/C18H26FN3O2/c19-16-11-14(6-7-17(16)22-8-1-2-9-22)21-18(24)20-12-13-4-3-5-15(23)10-13/h6-7,11,13,15,23H,1-5,8-10,12H2,(H2,20,21,24). The van der Waals surface area contributed by atoms with Gasteiger partial charge in [-0.3, -0.25) is 0 Å². The summed E-state index contributed by atoms with van der Waals surface area (Å²) < 4.78 is 14.2. The number of rotatable bonds is 4. The van der Waals surface area contributed by atoms with Crippen LogP contribution in [0.2, 0.25) is 0 Å². The molecule has 1 aliphatic heterocycles. The summed E-state index contributed by atoms with van der Waals surface area (Å²) in [6, 6.07) is 4.51. The summed E-state index contributed by atoms with van der Waals surface area (Å²) in [6.07, 6.45) is 5.55. The maximum atomic E-state index is 14.2. The first-order valence-corrected chi connectivity index (χ1v) is 8.89. The van der Waals surface area contributed by atoms with Crippen LogP contribution in [-0.2, 0) is 0 Å². The molecule has 5 nitrogen and oxygen atoms in total. The first-order valence-electron chi connectivity index (χ1n) is 8.89. The largest absolute Gasteiger partial charge is 0.393 e. The first kappa shape index (κ1) is 17.0. The molecule has 1 saturated carbocycles. The molecule has 1 aliphatic carbocycles. The molecule has 0 aromatic heterocycles. The molecular weight excluding hydrogens is 309 g/mol. The van der Waals surface area contributed by atoms with Crippen molar-refractivity contribution in [2.45, 2.75) is 44.6 Å². The van der Waals surface area contributed by atoms with E-state index in [1.165, 1.54) is 6.07 Å². The van der Waals surface area contributed by atoms with Crippen LogP contribution < -0.4 is 15.5 Å². The summed E-state index contributed by atoms with van der Waals surface area (Å²) >= 11 is 0. The molecule has 24 heavy (non-hydrogen) atoms. The highest BCUT2D eigenvalue weighted by molar-refractivity contribution is 5.89. The lowest BCUT2D eigenvalue weighted by molar-refractivity contribution is 0.101. The molecule has 2 fully saturated rings. The minimum absolute atomic E-state index is 0.249. The van der Waals surface area contributed by atoms with Gasteiger partial charge in [0.05, 0.1) is 11.8 Å². The zero-order valence-corrected chi connectivity index (χ0v) is 13.9. The lowest BCUT2D eigenvalue weighted by Crippen LogP contribution is -2.35. The topological polar surface area (TPSA) is 64.6 Å². The number of anilines is 2. The number of benzene rings is 1. The Balaban J connectivity index is 1.49. The second kappa shape index (κ2) is 7.83. The van der Waals surface area contributed by atoms with Gasteiger partial charge in [0.25, 0.3) is 0 Å². The van der Waals surface area contributed by atoms with Crippen molar-refractivity contribution in [3.8, 4) is 0 Å². The predicted octanol–water partition coefficient (Wildman–Crippen LogP) is 3.10. The molecule has 1 heterocycles. The SMILES string of the molecule is O=C(NCC1CCCC(O)C1)Nc1ccc(N2CCCC2)c(F)c1. The molecule has 1 aromatic carbocycles. The van der Waals surface area contributed by atoms with Gasteiger partial charge in [0.1, 0.15) is 5.82 Å². The lowest BCUT2D eigenvalue weighted by atomic mass is 9.87. The molecule has 0 bridgehead atoms. The quantitative estimate of drug-likeness (QED) is 0.792. The van der Waals surface area contributed by atoms with E-state index in [0.717, 1.165) is 51.6 Å². The van der Waals surface area contributed by atoms with Crippen molar-refractivity contribution in [2.24, 2.45) is 5.92 Å². The number of carbonyl (C=O) groups is 1. The van der Waals surface area contributed by atoms with Crippen LogP contribution in [0.15, 0.2) is 18.2 Å². The number of urea groups is 1. The molecule has 2 atom stereocenters. The maximum absolute atomic E-state index is 14.2. The van der Waals surface area contributed by atoms with E-state index in [9.17, 15) is 14.3 Å². The number of aliphatic hydroxyl groups excluding tert-OH is 1. The van der Waals surface area contributed by atoms with Crippen molar-refractivity contribution in [3.05, 3.63) is 24.0 Å². The van der Waals surface area contributed by atoms with Crippen molar-refractivity contribution < 1.29 is 14.3 Å². The Morgan fingerprint density at radius 2 is 2.04 bits per heavy atom. The number of halogens is 1. The molecule has 2 amide bonds. The minimum Gasteiger partial charge on any atom is -0.393 e. The molecule has 3 N–H and O–H groups in total. The molecule has 0 spiro atoms. The summed E-state index contributed by atoms with van der Waals surface area (Å²) in [4.78, 5) is 14.0. The number of hydrogen-bond donors (Lipinski definition) is 3. The van der Waals surface area contributed by atoms with Gasteiger partial charge in [0.2, 0.25) is 0 Å². The van der Waals surface area contributed by atoms with Crippen LogP contribution in [0.1, 0.15) is 38.5 Å². The Kier molecular flexibility index (Phi) is 5.56. The van der Waals surface area contributed by atoms with Crippen LogP contribution in [0.25, 0.3) is 0 Å². The summed E-state index contributed by atoms with van der Waals surface area (Å²) in [6.45, 7) is 2.31. The Bertz CT molecular complexity index is 575. The van der Waals surface area contributed by atoms with Gasteiger partial charge in [-0.25, -0.2) is 9.18 Å². The van der Waals surface area contributed by atoms with E-state index in [1.807, 2.05) is 4.90 Å². The van der Waals surface area contributed by atoms with E-state index in [2.05, 4.69) is 10.6 Å². The zero-order chi connectivity index (χ0) is 16.9. The summed E-state index contributed by atoms with van der Waals surface area (Å²) in [5.74, 6) is 0.0129. The second-order valence-electron chi connectivity index (χ2n) is 6.88. The van der Waals surface area contributed by atoms with Gasteiger partial charge in [-0.2, -0.15) is 0 Å². The van der Waals surface area contributed by atoms with Gasteiger partial charge in [0.15, 0.2) is 0 Å². The number of aliphatic hydroxyl groups is 1. The van der Waals surface area contributed by atoms with Gasteiger partial charge in [0, 0.05) is 25.3 Å². The molecule has 3 rings (SSSR count). The lowest BCUT2D eigenvalue weighted by Gasteiger charge is -2.25. The third-order valence-electron chi connectivity index (χ3n) is 4.96. The smallest absolute Gasteiger partial charge is 0.319 e. The Hall–Kier alpha value is -1.82. The predicted molar refractivity (Wildman–Crippen MR) is 92.8 cm³/mol. The number of nitrogens with zero attached hydrogens (tertiary/aromatic N) is 1. The highest BCUT2D eigenvalue weighted by atomic mass is 19.1. The van der Waals surface area contributed by atoms with Crippen molar-refractivity contribution >= 4 is 17.4 Å². The summed E-state index contributed by atoms with van der Waals surface area (Å²) in [5.41, 5.74) is 1.06. The van der Waals surface area contributed by atoms with Gasteiger partial charge in [-0.1, -0.05) is 6.42 Å². The zero-order valence-electron chi connectivity index (χ0n) is 13.9. The fourth-order valence-electron chi connectivity index (χ4n) is 3.66. The fourth-order valence-corrected chi connectivity index (χ4v) is 3.66. The van der Waals surface area contributed by atoms with Gasteiger partial charge in [-0.15, -0.1) is 0 Å². The van der Waals surface area contributed by atoms with Crippen molar-refractivity contribution in [1.82, 2.24) is 5.32 Å². The number of hydrogen-bond acceptors (Lipinski definition) is 3. The van der Waals surface area contributed by atoms with Crippen molar-refractivity contribution in [3.63, 3.8) is 0 Å². The second-order valence-corrected chi connectivity index (χ2v) is 6.88. The Morgan fingerprint density at radius 1 is 1.25 bits per heavy atom. The van der Waals surface area contributed by atoms with E-state index in [0.29, 0.717) is 23.8 Å². The van der Waals surface area contributed by atoms with Crippen LogP contribution in [0.4, 0.5) is 20.6 Å². The summed E-state index contributed by atoms with van der Waals surface area (Å²) in [5, 5.41) is 15.1. The molecule has 2 unspecified atom stereocenters. The molecule has 2 aliphatic rings. The van der Waals surface area contributed by atoms with Crippen molar-refractivity contribution in [1.29, 1.82) is 0 Å². The van der Waals surface area contributed by atoms with Crippen LogP contribution in [0.3, 0.4) is 0 Å². The van der Waals surface area contributed by atoms with E-state index < -0.39 is 0 Å². The average molecular weight is 335 g/mol. The number of nitrogens with one attached hydrogen (secondary N) is 2. The molecule has 1 aromatic rings.